The topological polar surface area (TPSA) is 61.4 Å². The zero-order valence-corrected chi connectivity index (χ0v) is 15.3. The Morgan fingerprint density at radius 3 is 2.07 bits per heavy atom. The molecule has 0 spiro atoms. The van der Waals surface area contributed by atoms with Gasteiger partial charge in [0.15, 0.2) is 0 Å². The van der Waals surface area contributed by atoms with E-state index in [1.807, 2.05) is 45.3 Å². The standard InChI is InChI=1S/C12H11N3.C8H9N3.CH4/c1-8-7-11-12(14-15(2)13-11)10-6-4-3-5-9(8)10;1-6-3-4-7-8(5-6)10-11(2)9-7;/h3-7H,1-2H3;3-5H,1-2H3;1H4. The molecule has 0 amide bonds. The summed E-state index contributed by atoms with van der Waals surface area (Å²) in [7, 11) is 3.68. The summed E-state index contributed by atoms with van der Waals surface area (Å²) < 4.78 is 0. The van der Waals surface area contributed by atoms with E-state index in [4.69, 9.17) is 0 Å². The molecule has 0 aliphatic heterocycles. The fourth-order valence-electron chi connectivity index (χ4n) is 3.16. The van der Waals surface area contributed by atoms with Crippen LogP contribution in [0.4, 0.5) is 0 Å². The van der Waals surface area contributed by atoms with Crippen molar-refractivity contribution in [1.82, 2.24) is 30.0 Å². The Morgan fingerprint density at radius 2 is 1.30 bits per heavy atom. The maximum absolute atomic E-state index is 4.39. The molecule has 6 heteroatoms. The lowest BCUT2D eigenvalue weighted by atomic mass is 10.0. The van der Waals surface area contributed by atoms with Crippen LogP contribution in [-0.4, -0.2) is 30.0 Å². The Labute approximate surface area is 158 Å². The van der Waals surface area contributed by atoms with Crippen LogP contribution in [-0.2, 0) is 14.1 Å². The second-order valence-electron chi connectivity index (χ2n) is 6.48. The molecular formula is C21H24N6. The van der Waals surface area contributed by atoms with E-state index in [2.05, 4.69) is 51.6 Å². The molecular weight excluding hydrogens is 336 g/mol. The summed E-state index contributed by atoms with van der Waals surface area (Å²) >= 11 is 0. The molecule has 27 heavy (non-hydrogen) atoms. The molecule has 0 aliphatic rings. The zero-order valence-electron chi connectivity index (χ0n) is 15.3. The summed E-state index contributed by atoms with van der Waals surface area (Å²) in [4.78, 5) is 3.21. The largest absolute Gasteiger partial charge is 0.187 e. The number of rotatable bonds is 0. The molecule has 2 aromatic heterocycles. The minimum Gasteiger partial charge on any atom is -0.187 e. The highest BCUT2D eigenvalue weighted by molar-refractivity contribution is 6.05. The van der Waals surface area contributed by atoms with Crippen molar-refractivity contribution in [3.05, 3.63) is 59.7 Å². The molecule has 0 aliphatic carbocycles. The highest BCUT2D eigenvalue weighted by Crippen LogP contribution is 2.25. The van der Waals surface area contributed by atoms with Gasteiger partial charge in [0.25, 0.3) is 0 Å². The van der Waals surface area contributed by atoms with Crippen molar-refractivity contribution in [3.63, 3.8) is 0 Å². The van der Waals surface area contributed by atoms with E-state index < -0.39 is 0 Å². The Hall–Kier alpha value is -3.28. The summed E-state index contributed by atoms with van der Waals surface area (Å²) in [5, 5.41) is 19.5. The molecule has 0 atom stereocenters. The third kappa shape index (κ3) is 3.51. The van der Waals surface area contributed by atoms with Crippen LogP contribution in [0.2, 0.25) is 0 Å². The first-order chi connectivity index (χ1) is 12.5. The van der Waals surface area contributed by atoms with E-state index in [9.17, 15) is 0 Å². The van der Waals surface area contributed by atoms with Gasteiger partial charge in [-0.05, 0) is 48.6 Å². The van der Waals surface area contributed by atoms with Crippen LogP contribution in [0, 0.1) is 13.8 Å². The van der Waals surface area contributed by atoms with Crippen LogP contribution < -0.4 is 0 Å². The van der Waals surface area contributed by atoms with Crippen molar-refractivity contribution in [2.45, 2.75) is 21.3 Å². The van der Waals surface area contributed by atoms with Gasteiger partial charge < -0.3 is 0 Å². The van der Waals surface area contributed by atoms with Gasteiger partial charge in [0, 0.05) is 19.5 Å². The third-order valence-corrected chi connectivity index (χ3v) is 4.34. The fourth-order valence-corrected chi connectivity index (χ4v) is 3.16. The van der Waals surface area contributed by atoms with E-state index in [-0.39, 0.29) is 7.43 Å². The van der Waals surface area contributed by atoms with Crippen molar-refractivity contribution >= 4 is 32.8 Å². The number of nitrogens with zero attached hydrogens (tertiary/aromatic N) is 6. The van der Waals surface area contributed by atoms with Gasteiger partial charge in [0.2, 0.25) is 0 Å². The first-order valence-corrected chi connectivity index (χ1v) is 8.48. The molecule has 0 unspecified atom stereocenters. The van der Waals surface area contributed by atoms with Crippen LogP contribution in [0.3, 0.4) is 0 Å². The predicted molar refractivity (Wildman–Crippen MR) is 111 cm³/mol. The van der Waals surface area contributed by atoms with Crippen LogP contribution in [0.15, 0.2) is 48.5 Å². The zero-order chi connectivity index (χ0) is 18.3. The molecule has 5 rings (SSSR count). The number of aromatic nitrogens is 6. The smallest absolute Gasteiger partial charge is 0.121 e. The van der Waals surface area contributed by atoms with Gasteiger partial charge in [-0.2, -0.15) is 30.0 Å². The quantitative estimate of drug-likeness (QED) is 0.412. The fraction of sp³-hybridized carbons (Fsp3) is 0.238. The average Bonchev–Trinajstić information content (AvgIpc) is 3.16. The van der Waals surface area contributed by atoms with Gasteiger partial charge in [0.1, 0.15) is 22.1 Å². The summed E-state index contributed by atoms with van der Waals surface area (Å²) in [6.07, 6.45) is 0. The molecule has 0 bridgehead atoms. The normalized spacial score (nSPS) is 10.7. The summed E-state index contributed by atoms with van der Waals surface area (Å²) in [6, 6.07) is 16.5. The second-order valence-corrected chi connectivity index (χ2v) is 6.48. The molecule has 6 nitrogen and oxygen atoms in total. The van der Waals surface area contributed by atoms with Crippen molar-refractivity contribution in [1.29, 1.82) is 0 Å². The van der Waals surface area contributed by atoms with Gasteiger partial charge in [0.05, 0.1) is 0 Å². The SMILES string of the molecule is C.Cc1cc2nn(C)nc2c2ccccc12.Cc1ccc2nn(C)nc2c1. The molecule has 0 fully saturated rings. The van der Waals surface area contributed by atoms with E-state index in [0.29, 0.717) is 0 Å². The number of benzene rings is 3. The van der Waals surface area contributed by atoms with E-state index in [1.165, 1.54) is 21.9 Å². The van der Waals surface area contributed by atoms with Crippen LogP contribution in [0.25, 0.3) is 32.8 Å². The number of fused-ring (bicyclic) bond motifs is 4. The van der Waals surface area contributed by atoms with Crippen LogP contribution >= 0.6 is 0 Å². The third-order valence-electron chi connectivity index (χ3n) is 4.34. The molecule has 138 valence electrons. The molecule has 0 radical (unpaired) electrons. The average molecular weight is 360 g/mol. The lowest BCUT2D eigenvalue weighted by Gasteiger charge is -2.00. The molecule has 0 saturated carbocycles. The van der Waals surface area contributed by atoms with Gasteiger partial charge in [-0.1, -0.05) is 37.8 Å². The summed E-state index contributed by atoms with van der Waals surface area (Å²) in [6.45, 7) is 4.16. The van der Waals surface area contributed by atoms with Gasteiger partial charge in [-0.15, -0.1) is 0 Å². The van der Waals surface area contributed by atoms with Gasteiger partial charge in [-0.3, -0.25) is 0 Å². The molecule has 3 aromatic carbocycles. The first-order valence-electron chi connectivity index (χ1n) is 8.48. The Morgan fingerprint density at radius 1 is 0.667 bits per heavy atom. The molecule has 0 saturated heterocycles. The maximum Gasteiger partial charge on any atom is 0.121 e. The number of hydrogen-bond acceptors (Lipinski definition) is 4. The van der Waals surface area contributed by atoms with Crippen molar-refractivity contribution in [2.24, 2.45) is 14.1 Å². The molecule has 5 aromatic rings. The highest BCUT2D eigenvalue weighted by atomic mass is 15.5. The lowest BCUT2D eigenvalue weighted by molar-refractivity contribution is 0.665. The van der Waals surface area contributed by atoms with E-state index in [1.54, 1.807) is 9.59 Å². The van der Waals surface area contributed by atoms with Gasteiger partial charge in [-0.25, -0.2) is 0 Å². The number of hydrogen-bond donors (Lipinski definition) is 0. The molecule has 2 heterocycles. The Kier molecular flexibility index (Phi) is 4.90. The lowest BCUT2D eigenvalue weighted by Crippen LogP contribution is -1.90. The van der Waals surface area contributed by atoms with Crippen molar-refractivity contribution in [3.8, 4) is 0 Å². The van der Waals surface area contributed by atoms with E-state index >= 15 is 0 Å². The minimum atomic E-state index is 0. The Bertz CT molecular complexity index is 1230. The minimum absolute atomic E-state index is 0. The monoisotopic (exact) mass is 360 g/mol. The summed E-state index contributed by atoms with van der Waals surface area (Å²) in [5.41, 5.74) is 6.34. The number of aryl methyl sites for hydroxylation is 4. The Balaban J connectivity index is 0.000000157. The summed E-state index contributed by atoms with van der Waals surface area (Å²) in [5.74, 6) is 0. The first kappa shape index (κ1) is 18.5. The molecule has 0 N–H and O–H groups in total. The predicted octanol–water partition coefficient (Wildman–Crippen LogP) is 4.34. The highest BCUT2D eigenvalue weighted by Gasteiger charge is 2.07. The van der Waals surface area contributed by atoms with E-state index in [0.717, 1.165) is 22.1 Å². The van der Waals surface area contributed by atoms with Gasteiger partial charge >= 0.3 is 0 Å². The van der Waals surface area contributed by atoms with Crippen LogP contribution in [0.1, 0.15) is 18.6 Å². The van der Waals surface area contributed by atoms with Crippen molar-refractivity contribution in [2.75, 3.05) is 0 Å². The second kappa shape index (κ2) is 7.15. The van der Waals surface area contributed by atoms with Crippen molar-refractivity contribution < 1.29 is 0 Å². The maximum atomic E-state index is 4.39. The van der Waals surface area contributed by atoms with Crippen LogP contribution in [0.5, 0.6) is 0 Å².